The molecule has 0 saturated carbocycles. The SMILES string of the molecule is CSCc1ccc(CN[C@@H](C)c2ccc(F)cc2)o1. The minimum atomic E-state index is -0.205. The predicted molar refractivity (Wildman–Crippen MR) is 77.6 cm³/mol. The summed E-state index contributed by atoms with van der Waals surface area (Å²) in [6, 6.07) is 10.7. The van der Waals surface area contributed by atoms with Gasteiger partial charge in [0, 0.05) is 6.04 Å². The highest BCUT2D eigenvalue weighted by Gasteiger charge is 2.07. The maximum Gasteiger partial charge on any atom is 0.123 e. The van der Waals surface area contributed by atoms with Gasteiger partial charge >= 0.3 is 0 Å². The zero-order valence-electron chi connectivity index (χ0n) is 11.2. The van der Waals surface area contributed by atoms with Crippen LogP contribution >= 0.6 is 11.8 Å². The van der Waals surface area contributed by atoms with Gasteiger partial charge < -0.3 is 9.73 Å². The molecule has 2 rings (SSSR count). The number of nitrogens with one attached hydrogen (secondary N) is 1. The first-order valence-electron chi connectivity index (χ1n) is 6.24. The molecule has 0 radical (unpaired) electrons. The summed E-state index contributed by atoms with van der Waals surface area (Å²) in [6.07, 6.45) is 2.05. The van der Waals surface area contributed by atoms with Crippen molar-refractivity contribution >= 4 is 11.8 Å². The van der Waals surface area contributed by atoms with E-state index < -0.39 is 0 Å². The van der Waals surface area contributed by atoms with Gasteiger partial charge in [0.25, 0.3) is 0 Å². The molecular weight excluding hydrogens is 261 g/mol. The average molecular weight is 279 g/mol. The second-order valence-electron chi connectivity index (χ2n) is 4.46. The molecule has 1 aromatic heterocycles. The minimum absolute atomic E-state index is 0.162. The second-order valence-corrected chi connectivity index (χ2v) is 5.32. The predicted octanol–water partition coefficient (Wildman–Crippen LogP) is 4.13. The van der Waals surface area contributed by atoms with Crippen LogP contribution in [0.4, 0.5) is 4.39 Å². The molecule has 1 heterocycles. The van der Waals surface area contributed by atoms with Crippen LogP contribution in [-0.2, 0) is 12.3 Å². The van der Waals surface area contributed by atoms with E-state index in [1.165, 1.54) is 12.1 Å². The minimum Gasteiger partial charge on any atom is -0.464 e. The molecule has 0 aliphatic rings. The van der Waals surface area contributed by atoms with E-state index in [4.69, 9.17) is 4.42 Å². The first-order valence-corrected chi connectivity index (χ1v) is 7.64. The number of furan rings is 1. The third kappa shape index (κ3) is 4.11. The maximum absolute atomic E-state index is 12.8. The lowest BCUT2D eigenvalue weighted by Gasteiger charge is -2.13. The fourth-order valence-electron chi connectivity index (χ4n) is 1.86. The average Bonchev–Trinajstić information content (AvgIpc) is 2.85. The Kier molecular flexibility index (Phi) is 5.05. The summed E-state index contributed by atoms with van der Waals surface area (Å²) in [4.78, 5) is 0. The van der Waals surface area contributed by atoms with Crippen molar-refractivity contribution in [2.75, 3.05) is 6.26 Å². The lowest BCUT2D eigenvalue weighted by atomic mass is 10.1. The molecule has 0 aliphatic heterocycles. The van der Waals surface area contributed by atoms with Gasteiger partial charge in [-0.25, -0.2) is 4.39 Å². The molecule has 0 saturated heterocycles. The van der Waals surface area contributed by atoms with E-state index >= 15 is 0 Å². The Morgan fingerprint density at radius 1 is 1.16 bits per heavy atom. The summed E-state index contributed by atoms with van der Waals surface area (Å²) in [6.45, 7) is 2.73. The quantitative estimate of drug-likeness (QED) is 0.860. The topological polar surface area (TPSA) is 25.2 Å². The van der Waals surface area contributed by atoms with E-state index in [0.29, 0.717) is 6.54 Å². The summed E-state index contributed by atoms with van der Waals surface area (Å²) in [5.74, 6) is 2.62. The molecule has 0 spiro atoms. The summed E-state index contributed by atoms with van der Waals surface area (Å²) >= 11 is 1.74. The Balaban J connectivity index is 1.88. The summed E-state index contributed by atoms with van der Waals surface area (Å²) in [5, 5.41) is 3.37. The molecule has 2 nitrogen and oxygen atoms in total. The van der Waals surface area contributed by atoms with Crippen LogP contribution in [0.3, 0.4) is 0 Å². The van der Waals surface area contributed by atoms with Crippen LogP contribution in [0.5, 0.6) is 0 Å². The Hall–Kier alpha value is -1.26. The van der Waals surface area contributed by atoms with Crippen molar-refractivity contribution in [3.63, 3.8) is 0 Å². The van der Waals surface area contributed by atoms with E-state index in [1.54, 1.807) is 23.9 Å². The molecule has 0 bridgehead atoms. The lowest BCUT2D eigenvalue weighted by Crippen LogP contribution is -2.17. The smallest absolute Gasteiger partial charge is 0.123 e. The fourth-order valence-corrected chi connectivity index (χ4v) is 2.30. The summed E-state index contributed by atoms with van der Waals surface area (Å²) in [5.41, 5.74) is 1.07. The van der Waals surface area contributed by atoms with E-state index in [9.17, 15) is 4.39 Å². The van der Waals surface area contributed by atoms with Crippen molar-refractivity contribution in [1.82, 2.24) is 5.32 Å². The Morgan fingerprint density at radius 3 is 2.53 bits per heavy atom. The number of halogens is 1. The number of hydrogen-bond acceptors (Lipinski definition) is 3. The summed E-state index contributed by atoms with van der Waals surface area (Å²) in [7, 11) is 0. The van der Waals surface area contributed by atoms with E-state index in [2.05, 4.69) is 18.5 Å². The van der Waals surface area contributed by atoms with Gasteiger partial charge in [-0.2, -0.15) is 11.8 Å². The number of hydrogen-bond donors (Lipinski definition) is 1. The molecule has 102 valence electrons. The van der Waals surface area contributed by atoms with Crippen molar-refractivity contribution < 1.29 is 8.81 Å². The molecule has 1 aromatic carbocycles. The number of benzene rings is 1. The van der Waals surface area contributed by atoms with E-state index in [0.717, 1.165) is 22.8 Å². The highest BCUT2D eigenvalue weighted by molar-refractivity contribution is 7.97. The third-order valence-electron chi connectivity index (χ3n) is 2.96. The van der Waals surface area contributed by atoms with Crippen LogP contribution in [0.15, 0.2) is 40.8 Å². The van der Waals surface area contributed by atoms with Gasteiger partial charge in [-0.05, 0) is 43.0 Å². The molecule has 0 unspecified atom stereocenters. The monoisotopic (exact) mass is 279 g/mol. The maximum atomic E-state index is 12.8. The third-order valence-corrected chi connectivity index (χ3v) is 3.53. The van der Waals surface area contributed by atoms with Crippen LogP contribution in [0.2, 0.25) is 0 Å². The Labute approximate surface area is 117 Å². The lowest BCUT2D eigenvalue weighted by molar-refractivity contribution is 0.442. The number of rotatable bonds is 6. The largest absolute Gasteiger partial charge is 0.464 e. The van der Waals surface area contributed by atoms with E-state index in [1.807, 2.05) is 12.1 Å². The van der Waals surface area contributed by atoms with Crippen LogP contribution in [0.25, 0.3) is 0 Å². The second kappa shape index (κ2) is 6.78. The summed E-state index contributed by atoms with van der Waals surface area (Å²) < 4.78 is 18.5. The molecule has 19 heavy (non-hydrogen) atoms. The molecule has 0 amide bonds. The van der Waals surface area contributed by atoms with Crippen LogP contribution in [-0.4, -0.2) is 6.26 Å². The van der Waals surface area contributed by atoms with Crippen molar-refractivity contribution in [2.24, 2.45) is 0 Å². The normalized spacial score (nSPS) is 12.6. The van der Waals surface area contributed by atoms with Gasteiger partial charge in [-0.1, -0.05) is 12.1 Å². The van der Waals surface area contributed by atoms with Crippen molar-refractivity contribution in [1.29, 1.82) is 0 Å². The molecule has 1 N–H and O–H groups in total. The van der Waals surface area contributed by atoms with Gasteiger partial charge in [0.1, 0.15) is 17.3 Å². The highest BCUT2D eigenvalue weighted by atomic mass is 32.2. The highest BCUT2D eigenvalue weighted by Crippen LogP contribution is 2.16. The number of thioether (sulfide) groups is 1. The van der Waals surface area contributed by atoms with Crippen molar-refractivity contribution in [3.8, 4) is 0 Å². The van der Waals surface area contributed by atoms with Gasteiger partial charge in [0.2, 0.25) is 0 Å². The molecular formula is C15H18FNOS. The first kappa shape index (κ1) is 14.2. The Morgan fingerprint density at radius 2 is 1.84 bits per heavy atom. The first-order chi connectivity index (χ1) is 9.19. The van der Waals surface area contributed by atoms with Gasteiger partial charge in [0.15, 0.2) is 0 Å². The molecule has 4 heteroatoms. The molecule has 1 atom stereocenters. The van der Waals surface area contributed by atoms with Gasteiger partial charge in [-0.15, -0.1) is 0 Å². The van der Waals surface area contributed by atoms with Crippen LogP contribution in [0, 0.1) is 5.82 Å². The standard InChI is InChI=1S/C15H18FNOS/c1-11(12-3-5-13(16)6-4-12)17-9-14-7-8-15(18-14)10-19-2/h3-8,11,17H,9-10H2,1-2H3/t11-/m0/s1. The zero-order valence-corrected chi connectivity index (χ0v) is 12.0. The fraction of sp³-hybridized carbons (Fsp3) is 0.333. The Bertz CT molecular complexity index is 509. The van der Waals surface area contributed by atoms with Crippen LogP contribution in [0.1, 0.15) is 30.0 Å². The van der Waals surface area contributed by atoms with Crippen molar-refractivity contribution in [3.05, 3.63) is 59.3 Å². The zero-order chi connectivity index (χ0) is 13.7. The van der Waals surface area contributed by atoms with Crippen LogP contribution < -0.4 is 5.32 Å². The molecule has 0 aliphatic carbocycles. The molecule has 0 fully saturated rings. The van der Waals surface area contributed by atoms with E-state index in [-0.39, 0.29) is 11.9 Å². The van der Waals surface area contributed by atoms with Gasteiger partial charge in [0.05, 0.1) is 12.3 Å². The van der Waals surface area contributed by atoms with Gasteiger partial charge in [-0.3, -0.25) is 0 Å². The van der Waals surface area contributed by atoms with Crippen molar-refractivity contribution in [2.45, 2.75) is 25.3 Å². The molecule has 2 aromatic rings.